The van der Waals surface area contributed by atoms with Crippen molar-refractivity contribution in [2.45, 2.75) is 0 Å². The lowest BCUT2D eigenvalue weighted by Crippen LogP contribution is -2.11. The van der Waals surface area contributed by atoms with Crippen LogP contribution in [0.25, 0.3) is 0 Å². The fraction of sp³-hybridized carbons (Fsp3) is 0.133. The summed E-state index contributed by atoms with van der Waals surface area (Å²) in [7, 11) is 3.30. The van der Waals surface area contributed by atoms with Crippen LogP contribution < -0.4 is 9.64 Å². The number of carbonyl (C=O) groups excluding carboxylic acids is 1. The van der Waals surface area contributed by atoms with Gasteiger partial charge < -0.3 is 9.64 Å². The SMILES string of the molecule is COc1ccc(N(C)c2ccc(C=O)cc2[N+](=O)[O-])cc1. The summed E-state index contributed by atoms with van der Waals surface area (Å²) in [5, 5.41) is 11.2. The molecule has 0 aliphatic carbocycles. The third-order valence-corrected chi connectivity index (χ3v) is 3.15. The summed E-state index contributed by atoms with van der Waals surface area (Å²) in [6.07, 6.45) is 0.587. The minimum absolute atomic E-state index is 0.113. The molecule has 0 atom stereocenters. The highest BCUT2D eigenvalue weighted by molar-refractivity contribution is 5.81. The zero-order valence-electron chi connectivity index (χ0n) is 11.6. The van der Waals surface area contributed by atoms with Gasteiger partial charge in [-0.15, -0.1) is 0 Å². The van der Waals surface area contributed by atoms with Crippen molar-refractivity contribution >= 4 is 23.3 Å². The van der Waals surface area contributed by atoms with E-state index in [2.05, 4.69) is 0 Å². The summed E-state index contributed by atoms with van der Waals surface area (Å²) in [4.78, 5) is 23.1. The highest BCUT2D eigenvalue weighted by Crippen LogP contribution is 2.33. The second kappa shape index (κ2) is 6.04. The lowest BCUT2D eigenvalue weighted by molar-refractivity contribution is -0.384. The summed E-state index contributed by atoms with van der Waals surface area (Å²) < 4.78 is 5.08. The largest absolute Gasteiger partial charge is 0.497 e. The molecule has 0 aliphatic heterocycles. The average Bonchev–Trinajstić information content (AvgIpc) is 2.53. The molecule has 2 rings (SSSR count). The zero-order valence-corrected chi connectivity index (χ0v) is 11.6. The van der Waals surface area contributed by atoms with Crippen molar-refractivity contribution in [1.82, 2.24) is 0 Å². The molecule has 0 saturated heterocycles. The maximum atomic E-state index is 11.2. The first-order valence-corrected chi connectivity index (χ1v) is 6.18. The highest BCUT2D eigenvalue weighted by atomic mass is 16.6. The Morgan fingerprint density at radius 2 is 1.86 bits per heavy atom. The fourth-order valence-corrected chi connectivity index (χ4v) is 1.99. The van der Waals surface area contributed by atoms with Crippen molar-refractivity contribution in [3.05, 3.63) is 58.1 Å². The van der Waals surface area contributed by atoms with E-state index >= 15 is 0 Å². The second-order valence-corrected chi connectivity index (χ2v) is 4.38. The molecule has 2 aromatic carbocycles. The van der Waals surface area contributed by atoms with Crippen LogP contribution >= 0.6 is 0 Å². The van der Waals surface area contributed by atoms with Crippen LogP contribution in [0.3, 0.4) is 0 Å². The Morgan fingerprint density at radius 3 is 2.38 bits per heavy atom. The van der Waals surface area contributed by atoms with E-state index in [4.69, 9.17) is 4.74 Å². The maximum Gasteiger partial charge on any atom is 0.293 e. The van der Waals surface area contributed by atoms with Gasteiger partial charge in [-0.05, 0) is 36.4 Å². The van der Waals surface area contributed by atoms with Gasteiger partial charge in [0.15, 0.2) is 0 Å². The minimum Gasteiger partial charge on any atom is -0.497 e. The smallest absolute Gasteiger partial charge is 0.293 e. The average molecular weight is 286 g/mol. The standard InChI is InChI=1S/C15H14N2O4/c1-16(12-4-6-13(21-2)7-5-12)14-8-3-11(10-18)9-15(14)17(19)20/h3-10H,1-2H3. The van der Waals surface area contributed by atoms with Gasteiger partial charge in [-0.3, -0.25) is 14.9 Å². The van der Waals surface area contributed by atoms with E-state index in [1.165, 1.54) is 6.07 Å². The molecule has 0 bridgehead atoms. The molecule has 6 heteroatoms. The van der Waals surface area contributed by atoms with Gasteiger partial charge in [0, 0.05) is 24.4 Å². The molecule has 21 heavy (non-hydrogen) atoms. The quantitative estimate of drug-likeness (QED) is 0.479. The van der Waals surface area contributed by atoms with Gasteiger partial charge in [0.05, 0.1) is 12.0 Å². The van der Waals surface area contributed by atoms with Gasteiger partial charge in [0.1, 0.15) is 17.7 Å². The molecule has 0 radical (unpaired) electrons. The molecular weight excluding hydrogens is 272 g/mol. The van der Waals surface area contributed by atoms with Crippen LogP contribution in [-0.2, 0) is 0 Å². The van der Waals surface area contributed by atoms with Crippen LogP contribution in [0.5, 0.6) is 5.75 Å². The lowest BCUT2D eigenvalue weighted by atomic mass is 10.1. The Labute approximate surface area is 121 Å². The van der Waals surface area contributed by atoms with Crippen molar-refractivity contribution < 1.29 is 14.5 Å². The van der Waals surface area contributed by atoms with Gasteiger partial charge in [0.25, 0.3) is 5.69 Å². The predicted molar refractivity (Wildman–Crippen MR) is 79.5 cm³/mol. The Balaban J connectivity index is 2.43. The molecule has 0 saturated carbocycles. The van der Waals surface area contributed by atoms with Crippen molar-refractivity contribution in [1.29, 1.82) is 0 Å². The summed E-state index contributed by atoms with van der Waals surface area (Å²) in [6, 6.07) is 11.5. The molecule has 2 aromatic rings. The van der Waals surface area contributed by atoms with Crippen molar-refractivity contribution in [3.8, 4) is 5.75 Å². The van der Waals surface area contributed by atoms with Crippen molar-refractivity contribution in [2.24, 2.45) is 0 Å². The summed E-state index contributed by atoms with van der Waals surface area (Å²) in [5.41, 5.74) is 1.35. The van der Waals surface area contributed by atoms with Crippen molar-refractivity contribution in [3.63, 3.8) is 0 Å². The molecular formula is C15H14N2O4. The number of aldehydes is 1. The van der Waals surface area contributed by atoms with Gasteiger partial charge in [-0.25, -0.2) is 0 Å². The normalized spacial score (nSPS) is 10.0. The molecule has 0 N–H and O–H groups in total. The number of hydrogen-bond donors (Lipinski definition) is 0. The van der Waals surface area contributed by atoms with Gasteiger partial charge in [-0.1, -0.05) is 0 Å². The molecule has 0 unspecified atom stereocenters. The number of benzene rings is 2. The molecule has 0 aromatic heterocycles. The summed E-state index contributed by atoms with van der Waals surface area (Å²) >= 11 is 0. The molecule has 108 valence electrons. The number of nitrogens with zero attached hydrogens (tertiary/aromatic N) is 2. The Hall–Kier alpha value is -2.89. The summed E-state index contributed by atoms with van der Waals surface area (Å²) in [5.74, 6) is 0.706. The lowest BCUT2D eigenvalue weighted by Gasteiger charge is -2.19. The van der Waals surface area contributed by atoms with Gasteiger partial charge in [0.2, 0.25) is 0 Å². The zero-order chi connectivity index (χ0) is 15.4. The van der Waals surface area contributed by atoms with E-state index in [1.807, 2.05) is 0 Å². The maximum absolute atomic E-state index is 11.2. The summed E-state index contributed by atoms with van der Waals surface area (Å²) in [6.45, 7) is 0. The molecule has 6 nitrogen and oxygen atoms in total. The second-order valence-electron chi connectivity index (χ2n) is 4.38. The molecule has 0 fully saturated rings. The van der Waals surface area contributed by atoms with Crippen LogP contribution in [0.4, 0.5) is 17.1 Å². The van der Waals surface area contributed by atoms with Crippen LogP contribution in [-0.4, -0.2) is 25.4 Å². The number of nitro benzene ring substituents is 1. The molecule has 0 heterocycles. The topological polar surface area (TPSA) is 72.7 Å². The first-order valence-electron chi connectivity index (χ1n) is 6.18. The number of carbonyl (C=O) groups is 1. The van der Waals surface area contributed by atoms with E-state index in [1.54, 1.807) is 55.5 Å². The Bertz CT molecular complexity index is 668. The van der Waals surface area contributed by atoms with E-state index in [-0.39, 0.29) is 11.3 Å². The van der Waals surface area contributed by atoms with Crippen LogP contribution in [0.2, 0.25) is 0 Å². The number of nitro groups is 1. The van der Waals surface area contributed by atoms with Crippen LogP contribution in [0.1, 0.15) is 10.4 Å². The monoisotopic (exact) mass is 286 g/mol. The number of ether oxygens (including phenoxy) is 1. The fourth-order valence-electron chi connectivity index (χ4n) is 1.99. The van der Waals surface area contributed by atoms with Gasteiger partial charge >= 0.3 is 0 Å². The number of hydrogen-bond acceptors (Lipinski definition) is 5. The van der Waals surface area contributed by atoms with E-state index in [0.717, 1.165) is 5.69 Å². The van der Waals surface area contributed by atoms with Crippen LogP contribution in [0, 0.1) is 10.1 Å². The highest BCUT2D eigenvalue weighted by Gasteiger charge is 2.18. The molecule has 0 amide bonds. The molecule has 0 spiro atoms. The first-order chi connectivity index (χ1) is 10.1. The van der Waals surface area contributed by atoms with Crippen LogP contribution in [0.15, 0.2) is 42.5 Å². The first kappa shape index (κ1) is 14.5. The third-order valence-electron chi connectivity index (χ3n) is 3.15. The Morgan fingerprint density at radius 1 is 1.19 bits per heavy atom. The number of methoxy groups -OCH3 is 1. The van der Waals surface area contributed by atoms with E-state index in [9.17, 15) is 14.9 Å². The number of rotatable bonds is 5. The Kier molecular flexibility index (Phi) is 4.18. The van der Waals surface area contributed by atoms with Gasteiger partial charge in [-0.2, -0.15) is 0 Å². The number of anilines is 2. The van der Waals surface area contributed by atoms with Crippen molar-refractivity contribution in [2.75, 3.05) is 19.1 Å². The van der Waals surface area contributed by atoms with E-state index in [0.29, 0.717) is 17.7 Å². The van der Waals surface area contributed by atoms with E-state index < -0.39 is 4.92 Å². The third kappa shape index (κ3) is 3.00. The minimum atomic E-state index is -0.498. The predicted octanol–water partition coefficient (Wildman–Crippen LogP) is 3.18. The molecule has 0 aliphatic rings.